The van der Waals surface area contributed by atoms with Crippen molar-refractivity contribution in [3.63, 3.8) is 0 Å². The Morgan fingerprint density at radius 2 is 1.88 bits per heavy atom. The maximum Gasteiger partial charge on any atom is 0.262 e. The molecule has 0 spiro atoms. The summed E-state index contributed by atoms with van der Waals surface area (Å²) in [5.41, 5.74) is 1.74. The zero-order valence-electron chi connectivity index (χ0n) is 13.8. The van der Waals surface area contributed by atoms with Crippen LogP contribution in [0.15, 0.2) is 41.3 Å². The summed E-state index contributed by atoms with van der Waals surface area (Å²) < 4.78 is 27.8. The first-order valence-corrected chi connectivity index (χ1v) is 9.39. The first kappa shape index (κ1) is 19.2. The molecule has 2 aromatic carbocycles. The summed E-state index contributed by atoms with van der Waals surface area (Å²) in [5, 5.41) is 11.8. The lowest BCUT2D eigenvalue weighted by Gasteiger charge is -2.13. The highest BCUT2D eigenvalue weighted by Gasteiger charge is 2.19. The van der Waals surface area contributed by atoms with E-state index < -0.39 is 15.9 Å². The second-order valence-corrected chi connectivity index (χ2v) is 7.59. The monoisotopic (exact) mass is 382 g/mol. The molecule has 0 fully saturated rings. The standard InChI is InChI=1S/C17H19ClN2O4S/c1-11-9-16(12(2)8-15(11)18)25(23,24)20-14-5-3-4-13(10-14)17(22)19-6-7-21/h3-5,8-10,20-21H,6-7H2,1-2H3,(H,19,22). The number of hydrogen-bond donors (Lipinski definition) is 3. The minimum Gasteiger partial charge on any atom is -0.395 e. The van der Waals surface area contributed by atoms with E-state index in [1.807, 2.05) is 0 Å². The maximum atomic E-state index is 12.7. The second kappa shape index (κ2) is 7.86. The highest BCUT2D eigenvalue weighted by Crippen LogP contribution is 2.25. The number of aryl methyl sites for hydroxylation is 2. The lowest BCUT2D eigenvalue weighted by molar-refractivity contribution is 0.0945. The molecule has 0 saturated heterocycles. The minimum atomic E-state index is -3.82. The average molecular weight is 383 g/mol. The lowest BCUT2D eigenvalue weighted by atomic mass is 10.2. The Bertz CT molecular complexity index is 898. The van der Waals surface area contributed by atoms with Gasteiger partial charge in [0.1, 0.15) is 0 Å². The number of aliphatic hydroxyl groups excluding tert-OH is 1. The summed E-state index contributed by atoms with van der Waals surface area (Å²) in [6, 6.07) is 9.23. The Morgan fingerprint density at radius 3 is 2.56 bits per heavy atom. The molecule has 25 heavy (non-hydrogen) atoms. The van der Waals surface area contributed by atoms with Gasteiger partial charge >= 0.3 is 0 Å². The predicted octanol–water partition coefficient (Wildman–Crippen LogP) is 2.48. The summed E-state index contributed by atoms with van der Waals surface area (Å²) in [6.07, 6.45) is 0. The maximum absolute atomic E-state index is 12.7. The summed E-state index contributed by atoms with van der Waals surface area (Å²) in [7, 11) is -3.82. The van der Waals surface area contributed by atoms with Gasteiger partial charge in [0, 0.05) is 22.8 Å². The van der Waals surface area contributed by atoms with E-state index in [4.69, 9.17) is 16.7 Å². The fourth-order valence-electron chi connectivity index (χ4n) is 2.25. The van der Waals surface area contributed by atoms with Crippen LogP contribution in [-0.2, 0) is 10.0 Å². The van der Waals surface area contributed by atoms with E-state index in [9.17, 15) is 13.2 Å². The van der Waals surface area contributed by atoms with Crippen LogP contribution in [0.2, 0.25) is 5.02 Å². The van der Waals surface area contributed by atoms with Crippen molar-refractivity contribution in [1.82, 2.24) is 5.32 Å². The molecule has 3 N–H and O–H groups in total. The van der Waals surface area contributed by atoms with Crippen molar-refractivity contribution >= 4 is 33.2 Å². The number of sulfonamides is 1. The van der Waals surface area contributed by atoms with Crippen LogP contribution in [0.25, 0.3) is 0 Å². The Morgan fingerprint density at radius 1 is 1.16 bits per heavy atom. The van der Waals surface area contributed by atoms with Crippen molar-refractivity contribution in [2.24, 2.45) is 0 Å². The number of rotatable bonds is 6. The van der Waals surface area contributed by atoms with Gasteiger partial charge in [0.05, 0.1) is 11.5 Å². The highest BCUT2D eigenvalue weighted by molar-refractivity contribution is 7.92. The zero-order valence-corrected chi connectivity index (χ0v) is 15.4. The van der Waals surface area contributed by atoms with Crippen LogP contribution in [0.3, 0.4) is 0 Å². The molecule has 1 amide bonds. The van der Waals surface area contributed by atoms with Crippen LogP contribution in [0.1, 0.15) is 21.5 Å². The predicted molar refractivity (Wildman–Crippen MR) is 97.6 cm³/mol. The van der Waals surface area contributed by atoms with Gasteiger partial charge in [-0.25, -0.2) is 8.42 Å². The van der Waals surface area contributed by atoms with E-state index in [0.717, 1.165) is 0 Å². The molecule has 0 saturated carbocycles. The number of amides is 1. The number of carbonyl (C=O) groups is 1. The fourth-order valence-corrected chi connectivity index (χ4v) is 3.83. The van der Waals surface area contributed by atoms with Gasteiger partial charge in [-0.05, 0) is 55.3 Å². The Labute approximate surface area is 151 Å². The van der Waals surface area contributed by atoms with Crippen LogP contribution in [-0.4, -0.2) is 32.6 Å². The fraction of sp³-hybridized carbons (Fsp3) is 0.235. The average Bonchev–Trinajstić information content (AvgIpc) is 2.55. The molecule has 8 heteroatoms. The third-order valence-corrected chi connectivity index (χ3v) is 5.45. The smallest absolute Gasteiger partial charge is 0.262 e. The van der Waals surface area contributed by atoms with Crippen molar-refractivity contribution in [2.45, 2.75) is 18.7 Å². The van der Waals surface area contributed by atoms with Gasteiger partial charge in [-0.2, -0.15) is 0 Å². The van der Waals surface area contributed by atoms with Crippen LogP contribution < -0.4 is 10.0 Å². The van der Waals surface area contributed by atoms with Crippen LogP contribution in [0.4, 0.5) is 5.69 Å². The number of anilines is 1. The molecule has 0 aliphatic carbocycles. The van der Waals surface area contributed by atoms with Crippen LogP contribution >= 0.6 is 11.6 Å². The first-order valence-electron chi connectivity index (χ1n) is 7.53. The van der Waals surface area contributed by atoms with E-state index in [-0.39, 0.29) is 29.3 Å². The Kier molecular flexibility index (Phi) is 6.05. The summed E-state index contributed by atoms with van der Waals surface area (Å²) in [5.74, 6) is -0.395. The van der Waals surface area contributed by atoms with Gasteiger partial charge in [0.25, 0.3) is 15.9 Å². The van der Waals surface area contributed by atoms with Crippen molar-refractivity contribution < 1.29 is 18.3 Å². The quantitative estimate of drug-likeness (QED) is 0.715. The van der Waals surface area contributed by atoms with Gasteiger partial charge in [-0.1, -0.05) is 17.7 Å². The third-order valence-electron chi connectivity index (χ3n) is 3.52. The number of hydrogen-bond acceptors (Lipinski definition) is 4. The van der Waals surface area contributed by atoms with Gasteiger partial charge in [-0.3, -0.25) is 9.52 Å². The molecule has 0 unspecified atom stereocenters. The van der Waals surface area contributed by atoms with Gasteiger partial charge in [0.2, 0.25) is 0 Å². The molecular formula is C17H19ClN2O4S. The molecule has 134 valence electrons. The van der Waals surface area contributed by atoms with E-state index >= 15 is 0 Å². The van der Waals surface area contributed by atoms with Crippen molar-refractivity contribution in [3.05, 3.63) is 58.1 Å². The van der Waals surface area contributed by atoms with Crippen molar-refractivity contribution in [2.75, 3.05) is 17.9 Å². The van der Waals surface area contributed by atoms with Crippen molar-refractivity contribution in [3.8, 4) is 0 Å². The highest BCUT2D eigenvalue weighted by atomic mass is 35.5. The molecule has 0 heterocycles. The van der Waals surface area contributed by atoms with Gasteiger partial charge in [-0.15, -0.1) is 0 Å². The molecule has 0 atom stereocenters. The molecule has 0 aromatic heterocycles. The van der Waals surface area contributed by atoms with E-state index in [1.165, 1.54) is 12.1 Å². The van der Waals surface area contributed by atoms with Gasteiger partial charge < -0.3 is 10.4 Å². The zero-order chi connectivity index (χ0) is 18.6. The van der Waals surface area contributed by atoms with Gasteiger partial charge in [0.15, 0.2) is 0 Å². The number of aliphatic hydroxyl groups is 1. The molecule has 0 bridgehead atoms. The molecule has 2 rings (SSSR count). The minimum absolute atomic E-state index is 0.123. The molecule has 6 nitrogen and oxygen atoms in total. The van der Waals surface area contributed by atoms with E-state index in [2.05, 4.69) is 10.0 Å². The Balaban J connectivity index is 2.30. The second-order valence-electron chi connectivity index (χ2n) is 5.53. The van der Waals surface area contributed by atoms with E-state index in [1.54, 1.807) is 38.1 Å². The topological polar surface area (TPSA) is 95.5 Å². The molecule has 0 aliphatic rings. The third kappa shape index (κ3) is 4.72. The van der Waals surface area contributed by atoms with Crippen molar-refractivity contribution in [1.29, 1.82) is 0 Å². The number of nitrogens with one attached hydrogen (secondary N) is 2. The lowest BCUT2D eigenvalue weighted by Crippen LogP contribution is -2.26. The molecule has 0 radical (unpaired) electrons. The first-order chi connectivity index (χ1) is 11.7. The number of carbonyl (C=O) groups excluding carboxylic acids is 1. The Hall–Kier alpha value is -2.09. The van der Waals surface area contributed by atoms with Crippen LogP contribution in [0.5, 0.6) is 0 Å². The molecular weight excluding hydrogens is 364 g/mol. The summed E-state index contributed by atoms with van der Waals surface area (Å²) in [6.45, 7) is 3.34. The summed E-state index contributed by atoms with van der Waals surface area (Å²) >= 11 is 6.02. The normalized spacial score (nSPS) is 11.2. The molecule has 0 aliphatic heterocycles. The molecule has 2 aromatic rings. The number of halogens is 1. The SMILES string of the molecule is Cc1cc(S(=O)(=O)Nc2cccc(C(=O)NCCO)c2)c(C)cc1Cl. The number of benzene rings is 2. The van der Waals surface area contributed by atoms with Crippen LogP contribution in [0, 0.1) is 13.8 Å². The summed E-state index contributed by atoms with van der Waals surface area (Å²) in [4.78, 5) is 12.0. The largest absolute Gasteiger partial charge is 0.395 e. The van der Waals surface area contributed by atoms with E-state index in [0.29, 0.717) is 16.1 Å².